The number of hydrogen-bond donors (Lipinski definition) is 0. The topological polar surface area (TPSA) is 50.1 Å². The highest BCUT2D eigenvalue weighted by Crippen LogP contribution is 2.42. The predicted octanol–water partition coefficient (Wildman–Crippen LogP) is 10.4. The Morgan fingerprint density at radius 3 is 1.95 bits per heavy atom. The summed E-state index contributed by atoms with van der Waals surface area (Å²) in [7, 11) is 0. The zero-order valence-corrected chi connectivity index (χ0v) is 21.4. The predicted molar refractivity (Wildman–Crippen MR) is 162 cm³/mol. The van der Waals surface area contributed by atoms with Crippen molar-refractivity contribution in [3.63, 3.8) is 0 Å². The van der Waals surface area contributed by atoms with E-state index in [9.17, 15) is 5.26 Å². The Balaban J connectivity index is 1.39. The lowest BCUT2D eigenvalue weighted by molar-refractivity contribution is 0.668. The summed E-state index contributed by atoms with van der Waals surface area (Å²) in [6.07, 6.45) is 0. The number of fused-ring (bicyclic) bond motifs is 6. The van der Waals surface area contributed by atoms with Crippen molar-refractivity contribution in [1.82, 2.24) is 0 Å². The Hall–Kier alpha value is -5.59. The Labute approximate surface area is 230 Å². The van der Waals surface area contributed by atoms with Crippen LogP contribution in [0.2, 0.25) is 0 Å². The molecule has 186 valence electrons. The number of nitriles is 1. The molecule has 0 aliphatic rings. The van der Waals surface area contributed by atoms with Crippen LogP contribution in [0.25, 0.3) is 77.3 Å². The number of benzene rings is 6. The van der Waals surface area contributed by atoms with Gasteiger partial charge in [0.25, 0.3) is 0 Å². The molecule has 40 heavy (non-hydrogen) atoms. The van der Waals surface area contributed by atoms with Crippen LogP contribution in [-0.2, 0) is 0 Å². The third-order valence-electron chi connectivity index (χ3n) is 7.72. The van der Waals surface area contributed by atoms with E-state index in [-0.39, 0.29) is 0 Å². The maximum Gasteiger partial charge on any atom is 0.136 e. The van der Waals surface area contributed by atoms with E-state index in [0.717, 1.165) is 77.3 Å². The molecule has 0 N–H and O–H groups in total. The summed E-state index contributed by atoms with van der Waals surface area (Å²) in [5.74, 6) is 0. The van der Waals surface area contributed by atoms with Crippen LogP contribution in [0.5, 0.6) is 0 Å². The van der Waals surface area contributed by atoms with Gasteiger partial charge < -0.3 is 8.83 Å². The average Bonchev–Trinajstić information content (AvgIpc) is 3.59. The standard InChI is InChI=1S/C37H21NO2/c38-22-23-7-5-8-24(19-23)31-20-26(28-11-6-14-36-37(28)30-10-2-4-13-34(30)40-36)15-17-27(31)25-16-18-35-32(21-25)29-9-1-3-12-33(29)39-35/h1-21H. The van der Waals surface area contributed by atoms with Crippen LogP contribution in [0.3, 0.4) is 0 Å². The Morgan fingerprint density at radius 1 is 0.425 bits per heavy atom. The molecular weight excluding hydrogens is 490 g/mol. The van der Waals surface area contributed by atoms with Crippen molar-refractivity contribution in [2.75, 3.05) is 0 Å². The molecule has 0 unspecified atom stereocenters. The van der Waals surface area contributed by atoms with Crippen molar-refractivity contribution in [3.05, 3.63) is 133 Å². The summed E-state index contributed by atoms with van der Waals surface area (Å²) in [6.45, 7) is 0. The smallest absolute Gasteiger partial charge is 0.136 e. The summed E-state index contributed by atoms with van der Waals surface area (Å²) < 4.78 is 12.3. The molecule has 8 aromatic rings. The second-order valence-electron chi connectivity index (χ2n) is 10.0. The van der Waals surface area contributed by atoms with Crippen LogP contribution in [0.1, 0.15) is 5.56 Å². The molecule has 0 aliphatic heterocycles. The Kier molecular flexibility index (Phi) is 4.89. The average molecular weight is 512 g/mol. The fourth-order valence-corrected chi connectivity index (χ4v) is 5.87. The van der Waals surface area contributed by atoms with Gasteiger partial charge in [0.05, 0.1) is 11.6 Å². The van der Waals surface area contributed by atoms with Gasteiger partial charge in [-0.15, -0.1) is 0 Å². The lowest BCUT2D eigenvalue weighted by Crippen LogP contribution is -1.89. The minimum absolute atomic E-state index is 0.632. The minimum Gasteiger partial charge on any atom is -0.456 e. The SMILES string of the molecule is N#Cc1cccc(-c2cc(-c3cccc4oc5ccccc5c34)ccc2-c2ccc3oc4ccccc4c3c2)c1. The monoisotopic (exact) mass is 511 g/mol. The second-order valence-corrected chi connectivity index (χ2v) is 10.0. The van der Waals surface area contributed by atoms with E-state index < -0.39 is 0 Å². The zero-order chi connectivity index (χ0) is 26.6. The van der Waals surface area contributed by atoms with Crippen molar-refractivity contribution >= 4 is 43.9 Å². The number of hydrogen-bond acceptors (Lipinski definition) is 3. The molecular formula is C37H21NO2. The molecule has 8 rings (SSSR count). The summed E-state index contributed by atoms with van der Waals surface area (Å²) in [4.78, 5) is 0. The van der Waals surface area contributed by atoms with Gasteiger partial charge in [0.1, 0.15) is 22.3 Å². The molecule has 0 saturated heterocycles. The van der Waals surface area contributed by atoms with Crippen LogP contribution >= 0.6 is 0 Å². The van der Waals surface area contributed by atoms with Crippen LogP contribution in [-0.4, -0.2) is 0 Å². The van der Waals surface area contributed by atoms with E-state index in [1.807, 2.05) is 72.8 Å². The van der Waals surface area contributed by atoms with Crippen LogP contribution in [0.15, 0.2) is 136 Å². The lowest BCUT2D eigenvalue weighted by Gasteiger charge is -2.14. The van der Waals surface area contributed by atoms with Gasteiger partial charge >= 0.3 is 0 Å². The van der Waals surface area contributed by atoms with E-state index in [1.54, 1.807) is 0 Å². The highest BCUT2D eigenvalue weighted by atomic mass is 16.3. The molecule has 3 nitrogen and oxygen atoms in total. The fraction of sp³-hybridized carbons (Fsp3) is 0. The maximum atomic E-state index is 9.65. The molecule has 0 atom stereocenters. The van der Waals surface area contributed by atoms with Crippen LogP contribution in [0.4, 0.5) is 0 Å². The first kappa shape index (κ1) is 22.4. The van der Waals surface area contributed by atoms with Crippen molar-refractivity contribution in [1.29, 1.82) is 5.26 Å². The van der Waals surface area contributed by atoms with Gasteiger partial charge in [-0.3, -0.25) is 0 Å². The van der Waals surface area contributed by atoms with Gasteiger partial charge in [-0.2, -0.15) is 5.26 Å². The number of nitrogens with zero attached hydrogens (tertiary/aromatic N) is 1. The number of furan rings is 2. The minimum atomic E-state index is 0.632. The fourth-order valence-electron chi connectivity index (χ4n) is 5.87. The van der Waals surface area contributed by atoms with E-state index in [4.69, 9.17) is 8.83 Å². The Bertz CT molecular complexity index is 2290. The van der Waals surface area contributed by atoms with E-state index in [1.165, 1.54) is 0 Å². The molecule has 0 radical (unpaired) electrons. The van der Waals surface area contributed by atoms with Gasteiger partial charge in [-0.05, 0) is 81.9 Å². The number of rotatable bonds is 3. The van der Waals surface area contributed by atoms with Crippen molar-refractivity contribution in [3.8, 4) is 39.4 Å². The highest BCUT2D eigenvalue weighted by Gasteiger charge is 2.16. The van der Waals surface area contributed by atoms with E-state index in [2.05, 4.69) is 60.7 Å². The first-order valence-electron chi connectivity index (χ1n) is 13.2. The van der Waals surface area contributed by atoms with E-state index in [0.29, 0.717) is 5.56 Å². The lowest BCUT2D eigenvalue weighted by atomic mass is 9.89. The van der Waals surface area contributed by atoms with Crippen LogP contribution in [0, 0.1) is 11.3 Å². The largest absolute Gasteiger partial charge is 0.456 e. The molecule has 0 aliphatic carbocycles. The summed E-state index contributed by atoms with van der Waals surface area (Å²) >= 11 is 0. The summed E-state index contributed by atoms with van der Waals surface area (Å²) in [5.41, 5.74) is 10.6. The first-order chi connectivity index (χ1) is 19.8. The molecule has 0 fully saturated rings. The number of para-hydroxylation sites is 2. The summed E-state index contributed by atoms with van der Waals surface area (Å²) in [6, 6.07) is 45.6. The van der Waals surface area contributed by atoms with Crippen molar-refractivity contribution in [2.24, 2.45) is 0 Å². The molecule has 0 amide bonds. The quantitative estimate of drug-likeness (QED) is 0.237. The summed E-state index contributed by atoms with van der Waals surface area (Å²) in [5, 5.41) is 14.0. The molecule has 6 aromatic carbocycles. The van der Waals surface area contributed by atoms with Crippen molar-refractivity contribution in [2.45, 2.75) is 0 Å². The molecule has 2 heterocycles. The first-order valence-corrected chi connectivity index (χ1v) is 13.2. The van der Waals surface area contributed by atoms with Crippen LogP contribution < -0.4 is 0 Å². The zero-order valence-electron chi connectivity index (χ0n) is 21.4. The van der Waals surface area contributed by atoms with Gasteiger partial charge in [0.15, 0.2) is 0 Å². The van der Waals surface area contributed by atoms with Gasteiger partial charge in [-0.1, -0.05) is 78.9 Å². The molecule has 3 heteroatoms. The maximum absolute atomic E-state index is 9.65. The van der Waals surface area contributed by atoms with E-state index >= 15 is 0 Å². The third kappa shape index (κ3) is 3.44. The molecule has 0 saturated carbocycles. The van der Waals surface area contributed by atoms with Gasteiger partial charge in [0.2, 0.25) is 0 Å². The molecule has 0 spiro atoms. The third-order valence-corrected chi connectivity index (χ3v) is 7.72. The Morgan fingerprint density at radius 2 is 1.07 bits per heavy atom. The van der Waals surface area contributed by atoms with Crippen molar-refractivity contribution < 1.29 is 8.83 Å². The van der Waals surface area contributed by atoms with Gasteiger partial charge in [0, 0.05) is 21.5 Å². The highest BCUT2D eigenvalue weighted by molar-refractivity contribution is 6.13. The normalized spacial score (nSPS) is 11.5. The molecule has 2 aromatic heterocycles. The van der Waals surface area contributed by atoms with Gasteiger partial charge in [-0.25, -0.2) is 0 Å². The second kappa shape index (κ2) is 8.73. The molecule has 0 bridgehead atoms.